The van der Waals surface area contributed by atoms with E-state index in [1.807, 2.05) is 24.3 Å². The van der Waals surface area contributed by atoms with Gasteiger partial charge in [0.05, 0.1) is 19.3 Å². The first kappa shape index (κ1) is 56.8. The SMILES string of the molecule is CCCCC/C=C\C/C=C\CCCCCCCCCCCC(=O)O[C@H](COC(=O)CCC/C=C\C[C@H]1C=CC(=O)[C@@H]1/C=C/[C@@H](O)CCCCC)COP(=O)(O)OC[C@H](N)C(=O)O. The Hall–Kier alpha value is -3.19. The maximum Gasteiger partial charge on any atom is 0.472 e. The molecular weight excluding hydrogens is 813 g/mol. The van der Waals surface area contributed by atoms with E-state index in [9.17, 15) is 33.7 Å². The predicted molar refractivity (Wildman–Crippen MR) is 244 cm³/mol. The number of carbonyl (C=O) groups excluding carboxylic acids is 3. The minimum Gasteiger partial charge on any atom is -0.480 e. The molecule has 0 aromatic heterocycles. The van der Waals surface area contributed by atoms with Crippen molar-refractivity contribution in [2.24, 2.45) is 17.6 Å². The zero-order valence-corrected chi connectivity index (χ0v) is 38.7. The highest BCUT2D eigenvalue weighted by molar-refractivity contribution is 7.47. The van der Waals surface area contributed by atoms with Crippen LogP contribution in [0.25, 0.3) is 0 Å². The molecule has 0 radical (unpaired) electrons. The van der Waals surface area contributed by atoms with E-state index in [2.05, 4.69) is 42.7 Å². The maximum atomic E-state index is 12.7. The van der Waals surface area contributed by atoms with E-state index >= 15 is 0 Å². The molecule has 0 spiro atoms. The monoisotopic (exact) mass is 894 g/mol. The van der Waals surface area contributed by atoms with Gasteiger partial charge >= 0.3 is 25.7 Å². The minimum atomic E-state index is -4.77. The van der Waals surface area contributed by atoms with Gasteiger partial charge in [-0.05, 0) is 76.2 Å². The summed E-state index contributed by atoms with van der Waals surface area (Å²) in [6.07, 6.45) is 40.5. The Bertz CT molecular complexity index is 1430. The topological polar surface area (TPSA) is 209 Å². The smallest absolute Gasteiger partial charge is 0.472 e. The average molecular weight is 894 g/mol. The summed E-state index contributed by atoms with van der Waals surface area (Å²) in [7, 11) is -4.77. The fourth-order valence-electron chi connectivity index (χ4n) is 6.67. The Morgan fingerprint density at radius 1 is 0.742 bits per heavy atom. The first-order chi connectivity index (χ1) is 29.9. The minimum absolute atomic E-state index is 0.00105. The second-order valence-corrected chi connectivity index (χ2v) is 17.6. The second kappa shape index (κ2) is 37.2. The number of unbranched alkanes of at least 4 members (excludes halogenated alkanes) is 15. The molecule has 6 atom stereocenters. The van der Waals surface area contributed by atoms with Crippen LogP contribution < -0.4 is 5.73 Å². The number of phosphoric acid groups is 1. The van der Waals surface area contributed by atoms with Crippen LogP contribution in [0.15, 0.2) is 60.8 Å². The van der Waals surface area contributed by atoms with Crippen LogP contribution in [0.2, 0.25) is 0 Å². The molecule has 0 fully saturated rings. The molecular formula is C48H80NO12P. The average Bonchev–Trinajstić information content (AvgIpc) is 3.60. The Kier molecular flexibility index (Phi) is 34.1. The molecule has 0 saturated heterocycles. The number of carboxylic acid groups (broad SMARTS) is 1. The number of ether oxygens (including phenoxy) is 2. The molecule has 0 aliphatic heterocycles. The number of hydrogen-bond donors (Lipinski definition) is 4. The molecule has 0 bridgehead atoms. The number of aliphatic carboxylic acids is 1. The van der Waals surface area contributed by atoms with Crippen molar-refractivity contribution in [3.05, 3.63) is 60.8 Å². The molecule has 5 N–H and O–H groups in total. The third-order valence-electron chi connectivity index (χ3n) is 10.5. The number of aliphatic hydroxyl groups excluding tert-OH is 1. The van der Waals surface area contributed by atoms with Crippen molar-refractivity contribution >= 4 is 31.5 Å². The number of ketones is 1. The van der Waals surface area contributed by atoms with Gasteiger partial charge in [-0.15, -0.1) is 0 Å². The zero-order chi connectivity index (χ0) is 45.7. The van der Waals surface area contributed by atoms with Gasteiger partial charge in [-0.1, -0.05) is 146 Å². The third kappa shape index (κ3) is 31.6. The number of nitrogens with two attached hydrogens (primary N) is 1. The largest absolute Gasteiger partial charge is 0.480 e. The van der Waals surface area contributed by atoms with E-state index < -0.39 is 63.8 Å². The van der Waals surface area contributed by atoms with Crippen molar-refractivity contribution in [3.8, 4) is 0 Å². The summed E-state index contributed by atoms with van der Waals surface area (Å²) in [5.74, 6) is -2.85. The molecule has 0 aromatic rings. The molecule has 0 amide bonds. The van der Waals surface area contributed by atoms with Crippen molar-refractivity contribution in [1.82, 2.24) is 0 Å². The molecule has 14 heteroatoms. The summed E-state index contributed by atoms with van der Waals surface area (Å²) in [5.41, 5.74) is 5.34. The van der Waals surface area contributed by atoms with Gasteiger partial charge < -0.3 is 30.3 Å². The number of allylic oxidation sites excluding steroid dienone is 9. The maximum absolute atomic E-state index is 12.7. The van der Waals surface area contributed by atoms with Gasteiger partial charge in [0.2, 0.25) is 0 Å². The first-order valence-electron chi connectivity index (χ1n) is 23.4. The van der Waals surface area contributed by atoms with Gasteiger partial charge in [0.1, 0.15) is 12.6 Å². The fourth-order valence-corrected chi connectivity index (χ4v) is 7.45. The van der Waals surface area contributed by atoms with Crippen LogP contribution in [0, 0.1) is 11.8 Å². The number of rotatable bonds is 40. The van der Waals surface area contributed by atoms with Crippen molar-refractivity contribution in [2.45, 2.75) is 186 Å². The molecule has 13 nitrogen and oxygen atoms in total. The van der Waals surface area contributed by atoms with Crippen molar-refractivity contribution in [2.75, 3.05) is 19.8 Å². The molecule has 1 unspecified atom stereocenters. The predicted octanol–water partition coefficient (Wildman–Crippen LogP) is 10.3. The van der Waals surface area contributed by atoms with E-state index in [-0.39, 0.29) is 30.5 Å². The number of hydrogen-bond acceptors (Lipinski definition) is 11. The van der Waals surface area contributed by atoms with Gasteiger partial charge in [-0.3, -0.25) is 28.2 Å². The van der Waals surface area contributed by atoms with Crippen LogP contribution in [-0.4, -0.2) is 76.9 Å². The van der Waals surface area contributed by atoms with Crippen LogP contribution >= 0.6 is 7.82 Å². The summed E-state index contributed by atoms with van der Waals surface area (Å²) in [4.78, 5) is 58.6. The molecule has 1 rings (SSSR count). The van der Waals surface area contributed by atoms with Crippen molar-refractivity contribution < 1.29 is 57.4 Å². The Morgan fingerprint density at radius 2 is 1.31 bits per heavy atom. The van der Waals surface area contributed by atoms with E-state index in [1.165, 1.54) is 51.4 Å². The lowest BCUT2D eigenvalue weighted by atomic mass is 9.90. The fraction of sp³-hybridized carbons (Fsp3) is 0.708. The second-order valence-electron chi connectivity index (χ2n) is 16.2. The molecule has 62 heavy (non-hydrogen) atoms. The number of carboxylic acids is 1. The van der Waals surface area contributed by atoms with E-state index in [0.717, 1.165) is 57.8 Å². The molecule has 0 heterocycles. The Labute approximate surface area is 372 Å². The molecule has 0 saturated carbocycles. The quantitative estimate of drug-likeness (QED) is 0.0196. The van der Waals surface area contributed by atoms with Crippen LogP contribution in [0.5, 0.6) is 0 Å². The molecule has 1 aliphatic rings. The van der Waals surface area contributed by atoms with Crippen LogP contribution in [0.3, 0.4) is 0 Å². The standard InChI is InChI=1S/C48H80NO12P/c1-3-5-7-8-9-10-11-12-13-14-15-16-17-18-19-20-21-22-28-32-47(53)61-42(38-59-62(56,57)60-39-44(49)48(54)55)37-58-46(52)31-27-24-23-26-29-40-33-36-45(51)43(40)35-34-41(50)30-25-6-4-2/h9-10,12-13,23,26,33-36,40-44,50H,3-8,11,14-22,24-25,27-32,37-39,49H2,1-2H3,(H,54,55)(H,56,57)/b10-9-,13-12-,26-23-,35-34+/t40-,41-,42+,43+,44-/m0/s1. The van der Waals surface area contributed by atoms with Gasteiger partial charge in [0.25, 0.3) is 0 Å². The van der Waals surface area contributed by atoms with Crippen molar-refractivity contribution in [1.29, 1.82) is 0 Å². The number of esters is 2. The zero-order valence-electron chi connectivity index (χ0n) is 37.8. The normalized spacial score (nSPS) is 18.0. The van der Waals surface area contributed by atoms with E-state index in [1.54, 1.807) is 12.2 Å². The van der Waals surface area contributed by atoms with Crippen LogP contribution in [-0.2, 0) is 42.3 Å². The molecule has 1 aliphatic carbocycles. The number of aliphatic hydroxyl groups is 1. The highest BCUT2D eigenvalue weighted by Gasteiger charge is 2.29. The van der Waals surface area contributed by atoms with Crippen LogP contribution in [0.1, 0.15) is 168 Å². The van der Waals surface area contributed by atoms with Crippen LogP contribution in [0.4, 0.5) is 0 Å². The lowest BCUT2D eigenvalue weighted by Crippen LogP contribution is -2.34. The highest BCUT2D eigenvalue weighted by Crippen LogP contribution is 2.43. The molecule has 0 aromatic carbocycles. The number of carbonyl (C=O) groups is 4. The summed E-state index contributed by atoms with van der Waals surface area (Å²) < 4.78 is 32.7. The van der Waals surface area contributed by atoms with E-state index in [4.69, 9.17) is 24.8 Å². The van der Waals surface area contributed by atoms with Gasteiger partial charge in [-0.25, -0.2) is 4.57 Å². The van der Waals surface area contributed by atoms with Crippen molar-refractivity contribution in [3.63, 3.8) is 0 Å². The summed E-state index contributed by atoms with van der Waals surface area (Å²) >= 11 is 0. The lowest BCUT2D eigenvalue weighted by Gasteiger charge is -2.20. The van der Waals surface area contributed by atoms with Gasteiger partial charge in [0.15, 0.2) is 11.9 Å². The highest BCUT2D eigenvalue weighted by atomic mass is 31.2. The van der Waals surface area contributed by atoms with E-state index in [0.29, 0.717) is 32.1 Å². The van der Waals surface area contributed by atoms with Gasteiger partial charge in [0, 0.05) is 18.8 Å². The number of phosphoric ester groups is 1. The Balaban J connectivity index is 2.42. The third-order valence-corrected chi connectivity index (χ3v) is 11.4. The summed E-state index contributed by atoms with van der Waals surface area (Å²) in [6, 6.07) is -1.55. The summed E-state index contributed by atoms with van der Waals surface area (Å²) in [6.45, 7) is 2.47. The lowest BCUT2D eigenvalue weighted by molar-refractivity contribution is -0.161. The first-order valence-corrected chi connectivity index (χ1v) is 24.9. The Morgan fingerprint density at radius 3 is 1.97 bits per heavy atom. The van der Waals surface area contributed by atoms with Gasteiger partial charge in [-0.2, -0.15) is 0 Å². The summed E-state index contributed by atoms with van der Waals surface area (Å²) in [5, 5.41) is 19.1. The molecule has 354 valence electrons.